The molecule has 0 aliphatic carbocycles. The molecule has 422 valence electrons. The van der Waals surface area contributed by atoms with Crippen LogP contribution >= 0.6 is 0 Å². The molecule has 0 amide bonds. The fourth-order valence-electron chi connectivity index (χ4n) is 13.7. The lowest BCUT2D eigenvalue weighted by Crippen LogP contribution is -2.61. The Hall–Kier alpha value is -11.9. The Morgan fingerprint density at radius 3 is 1.33 bits per heavy atom. The lowest BCUT2D eigenvalue weighted by atomic mass is 9.33. The van der Waals surface area contributed by atoms with E-state index in [1.165, 1.54) is 23.1 Å². The number of aromatic nitrogens is 1. The van der Waals surface area contributed by atoms with Gasteiger partial charge in [0, 0.05) is 56.0 Å². The molecule has 0 saturated carbocycles. The average Bonchev–Trinajstić information content (AvgIpc) is 0.759. The van der Waals surface area contributed by atoms with Crippen LogP contribution in [0.2, 0.25) is 0 Å². The molecule has 2 aliphatic rings. The lowest BCUT2D eigenvalue weighted by molar-refractivity contribution is -0.137. The second kappa shape index (κ2) is 21.5. The van der Waals surface area contributed by atoms with Crippen molar-refractivity contribution in [3.63, 3.8) is 0 Å². The van der Waals surface area contributed by atoms with E-state index in [0.29, 0.717) is 11.3 Å². The second-order valence-corrected chi connectivity index (χ2v) is 23.0. The van der Waals surface area contributed by atoms with Crippen molar-refractivity contribution in [1.82, 2.24) is 4.57 Å². The topological polar surface area (TPSA) is 39.6 Å². The lowest BCUT2D eigenvalue weighted by Gasteiger charge is -2.44. The molecule has 13 aromatic carbocycles. The minimum Gasteiger partial charge on any atom is -0.311 e. The fraction of sp³-hybridized carbons (Fsp3) is 0.0123. The molecule has 0 atom stereocenters. The normalized spacial score (nSPS) is 12.3. The van der Waals surface area contributed by atoms with Gasteiger partial charge < -0.3 is 14.4 Å². The molecule has 0 spiro atoms. The van der Waals surface area contributed by atoms with Crippen LogP contribution in [0.5, 0.6) is 0 Å². The smallest absolute Gasteiger partial charge is 0.311 e. The number of alkyl halides is 3. The average molecular weight is 1160 g/mol. The molecular formula is C81H49BF3N5. The van der Waals surface area contributed by atoms with Crippen molar-refractivity contribution >= 4 is 84.7 Å². The van der Waals surface area contributed by atoms with Gasteiger partial charge in [0.15, 0.2) is 5.69 Å². The Bertz CT molecular complexity index is 4930. The van der Waals surface area contributed by atoms with E-state index < -0.39 is 11.7 Å². The third-order valence-corrected chi connectivity index (χ3v) is 17.7. The van der Waals surface area contributed by atoms with E-state index in [-0.39, 0.29) is 23.5 Å². The van der Waals surface area contributed by atoms with Crippen molar-refractivity contribution in [1.29, 1.82) is 5.26 Å². The zero-order chi connectivity index (χ0) is 60.6. The molecular weight excluding hydrogens is 1110 g/mol. The highest BCUT2D eigenvalue weighted by Crippen LogP contribution is 2.50. The first-order valence-electron chi connectivity index (χ1n) is 29.8. The molecule has 5 nitrogen and oxygen atoms in total. The van der Waals surface area contributed by atoms with Gasteiger partial charge in [-0.05, 0) is 193 Å². The highest BCUT2D eigenvalue weighted by Gasteiger charge is 2.44. The van der Waals surface area contributed by atoms with Crippen LogP contribution in [0.3, 0.4) is 0 Å². The predicted octanol–water partition coefficient (Wildman–Crippen LogP) is 20.3. The highest BCUT2D eigenvalue weighted by atomic mass is 19.4. The Morgan fingerprint density at radius 2 is 0.833 bits per heavy atom. The molecule has 0 fully saturated rings. The first kappa shape index (κ1) is 53.6. The van der Waals surface area contributed by atoms with Crippen molar-refractivity contribution < 1.29 is 13.2 Å². The zero-order valence-electron chi connectivity index (χ0n) is 48.2. The van der Waals surface area contributed by atoms with Crippen molar-refractivity contribution in [2.24, 2.45) is 0 Å². The van der Waals surface area contributed by atoms with Crippen LogP contribution < -0.4 is 26.2 Å². The Morgan fingerprint density at radius 1 is 0.367 bits per heavy atom. The third kappa shape index (κ3) is 9.10. The van der Waals surface area contributed by atoms with Crippen LogP contribution in [0.25, 0.3) is 99.1 Å². The van der Waals surface area contributed by atoms with Crippen molar-refractivity contribution in [3.05, 3.63) is 320 Å². The number of anilines is 6. The number of hydrogen-bond acceptors (Lipinski definition) is 3. The molecule has 0 radical (unpaired) electrons. The van der Waals surface area contributed by atoms with E-state index in [1.54, 1.807) is 12.1 Å². The summed E-state index contributed by atoms with van der Waals surface area (Å²) in [6.07, 6.45) is -4.66. The maximum Gasteiger partial charge on any atom is 0.416 e. The van der Waals surface area contributed by atoms with Crippen LogP contribution in [0.4, 0.5) is 53.0 Å². The van der Waals surface area contributed by atoms with Crippen LogP contribution in [-0.4, -0.2) is 11.3 Å². The summed E-state index contributed by atoms with van der Waals surface area (Å²) in [5, 5.41) is 11.9. The van der Waals surface area contributed by atoms with E-state index in [2.05, 4.69) is 263 Å². The molecule has 14 aromatic rings. The van der Waals surface area contributed by atoms with Gasteiger partial charge in [-0.2, -0.15) is 18.4 Å². The molecule has 16 rings (SSSR count). The van der Waals surface area contributed by atoms with Crippen LogP contribution in [0, 0.1) is 17.9 Å². The molecule has 3 heterocycles. The van der Waals surface area contributed by atoms with Crippen LogP contribution in [0.1, 0.15) is 11.1 Å². The van der Waals surface area contributed by atoms with E-state index in [4.69, 9.17) is 6.57 Å². The summed E-state index contributed by atoms with van der Waals surface area (Å²) in [5.74, 6) is 0. The monoisotopic (exact) mass is 1160 g/mol. The van der Waals surface area contributed by atoms with Gasteiger partial charge >= 0.3 is 6.18 Å². The summed E-state index contributed by atoms with van der Waals surface area (Å²) >= 11 is 0. The third-order valence-electron chi connectivity index (χ3n) is 17.7. The highest BCUT2D eigenvalue weighted by molar-refractivity contribution is 7.00. The molecule has 90 heavy (non-hydrogen) atoms. The van der Waals surface area contributed by atoms with Gasteiger partial charge in [0.1, 0.15) is 0 Å². The van der Waals surface area contributed by atoms with Gasteiger partial charge in [0.05, 0.1) is 34.9 Å². The number of rotatable bonds is 9. The van der Waals surface area contributed by atoms with E-state index in [0.717, 1.165) is 129 Å². The quantitative estimate of drug-likeness (QED) is 0.107. The first-order valence-corrected chi connectivity index (χ1v) is 29.8. The summed E-state index contributed by atoms with van der Waals surface area (Å²) in [5.41, 5.74) is 22.4. The van der Waals surface area contributed by atoms with Crippen molar-refractivity contribution in [3.8, 4) is 78.5 Å². The Labute approximate surface area is 519 Å². The van der Waals surface area contributed by atoms with Crippen molar-refractivity contribution in [2.45, 2.75) is 6.18 Å². The fourth-order valence-corrected chi connectivity index (χ4v) is 13.7. The molecule has 0 unspecified atom stereocenters. The minimum absolute atomic E-state index is 0.153. The summed E-state index contributed by atoms with van der Waals surface area (Å²) in [6.45, 7) is 7.70. The first-order chi connectivity index (χ1) is 44.1. The number of para-hydroxylation sites is 3. The molecule has 9 heteroatoms. The zero-order valence-corrected chi connectivity index (χ0v) is 48.2. The number of benzene rings is 13. The van der Waals surface area contributed by atoms with Gasteiger partial charge in [0.25, 0.3) is 6.71 Å². The minimum atomic E-state index is -4.66. The van der Waals surface area contributed by atoms with Crippen LogP contribution in [-0.2, 0) is 6.18 Å². The number of hydrogen-bond donors (Lipinski definition) is 0. The SMILES string of the molecule is [C-]#[N+]c1cc(C#N)cc(-c2cc(C(F)(F)F)ccc2-n2c3ccccc3c3cc(-c4cc5c6c(c4)N(c4cc(-c7ccccc7)cc(-c7ccccc7)c4)c4ccccc4B6c4ccccc4N5c4cc(-c5ccccc5)cc(-c5ccccc5)c4)ccc32)c1. The molecule has 1 aromatic heterocycles. The standard InChI is InChI=1S/C81H49BF3N5/c1-87-65-39-52(51-86)38-63(42-65)69-50-64(81(83,84)85)35-37-74(69)90-73-31-17-14-28-68(73)70-47-57(34-36-75(70)90)62-48-78-80-79(49-62)89(67-45-60(55-24-10-4-11-25-55)41-61(46-67)56-26-12-5-13-27-56)77-33-19-16-30-72(77)82(80)71-29-15-18-32-76(71)88(78)66-43-58(53-20-6-2-7-21-53)40-59(44-66)54-22-8-3-9-23-54/h2-50H. The van der Waals surface area contributed by atoms with Gasteiger partial charge in [0.2, 0.25) is 0 Å². The molecule has 0 N–H and O–H groups in total. The molecule has 0 bridgehead atoms. The second-order valence-electron chi connectivity index (χ2n) is 23.0. The Kier molecular flexibility index (Phi) is 12.8. The van der Waals surface area contributed by atoms with Gasteiger partial charge in [-0.3, -0.25) is 0 Å². The summed E-state index contributed by atoms with van der Waals surface area (Å²) in [4.78, 5) is 8.54. The maximum absolute atomic E-state index is 14.8. The maximum atomic E-state index is 14.8. The Balaban J connectivity index is 0.984. The summed E-state index contributed by atoms with van der Waals surface area (Å²) in [6, 6.07) is 103. The molecule has 0 saturated heterocycles. The van der Waals surface area contributed by atoms with Gasteiger partial charge in [-0.25, -0.2) is 4.85 Å². The van der Waals surface area contributed by atoms with E-state index >= 15 is 0 Å². The largest absolute Gasteiger partial charge is 0.416 e. The van der Waals surface area contributed by atoms with Gasteiger partial charge in [-0.15, -0.1) is 0 Å². The van der Waals surface area contributed by atoms with E-state index in [1.807, 2.05) is 22.8 Å². The predicted molar refractivity (Wildman–Crippen MR) is 363 cm³/mol. The number of nitriles is 1. The summed E-state index contributed by atoms with van der Waals surface area (Å²) < 4.78 is 46.3. The van der Waals surface area contributed by atoms with Crippen molar-refractivity contribution in [2.75, 3.05) is 9.80 Å². The summed E-state index contributed by atoms with van der Waals surface area (Å²) in [7, 11) is 0. The number of nitrogens with zero attached hydrogens (tertiary/aromatic N) is 5. The van der Waals surface area contributed by atoms with E-state index in [9.17, 15) is 18.4 Å². The van der Waals surface area contributed by atoms with Crippen LogP contribution in [0.15, 0.2) is 297 Å². The van der Waals surface area contributed by atoms with Gasteiger partial charge in [-0.1, -0.05) is 182 Å². The molecule has 2 aliphatic heterocycles. The number of fused-ring (bicyclic) bond motifs is 7. The number of halogens is 3.